The summed E-state index contributed by atoms with van der Waals surface area (Å²) in [5.41, 5.74) is 6.83. The predicted molar refractivity (Wildman–Crippen MR) is 144 cm³/mol. The number of hydrogen-bond acceptors (Lipinski definition) is 4. The summed E-state index contributed by atoms with van der Waals surface area (Å²) in [6, 6.07) is 24.0. The summed E-state index contributed by atoms with van der Waals surface area (Å²) in [5.74, 6) is 2.00. The van der Waals surface area contributed by atoms with Crippen molar-refractivity contribution in [2.24, 2.45) is 0 Å². The van der Waals surface area contributed by atoms with Gasteiger partial charge in [-0.1, -0.05) is 42.5 Å². The van der Waals surface area contributed by atoms with E-state index < -0.39 is 0 Å². The van der Waals surface area contributed by atoms with E-state index in [1.807, 2.05) is 6.92 Å². The maximum Gasteiger partial charge on any atom is 0.142 e. The molecule has 35 heavy (non-hydrogen) atoms. The van der Waals surface area contributed by atoms with E-state index in [1.165, 1.54) is 53.6 Å². The molecule has 4 heteroatoms. The van der Waals surface area contributed by atoms with Crippen molar-refractivity contribution in [2.45, 2.75) is 45.6 Å². The molecule has 3 aromatic carbocycles. The number of piperazine rings is 1. The molecular weight excluding hydrogens is 432 g/mol. The van der Waals surface area contributed by atoms with Crippen LogP contribution in [0.5, 0.6) is 11.5 Å². The minimum absolute atomic E-state index is 0.629. The number of nitrogens with zero attached hydrogens (tertiary/aromatic N) is 2. The lowest BCUT2D eigenvalue weighted by Gasteiger charge is -2.36. The van der Waals surface area contributed by atoms with Crippen LogP contribution in [-0.4, -0.2) is 44.2 Å². The Morgan fingerprint density at radius 1 is 0.743 bits per heavy atom. The molecule has 3 aromatic rings. The highest BCUT2D eigenvalue weighted by Crippen LogP contribution is 2.29. The van der Waals surface area contributed by atoms with Crippen molar-refractivity contribution < 1.29 is 9.47 Å². The lowest BCUT2D eigenvalue weighted by atomic mass is 9.92. The van der Waals surface area contributed by atoms with Crippen LogP contribution in [0.3, 0.4) is 0 Å². The first-order chi connectivity index (χ1) is 17.3. The van der Waals surface area contributed by atoms with Gasteiger partial charge < -0.3 is 14.4 Å². The molecule has 1 fully saturated rings. The van der Waals surface area contributed by atoms with Crippen molar-refractivity contribution in [3.8, 4) is 11.5 Å². The molecule has 1 aliphatic carbocycles. The van der Waals surface area contributed by atoms with Gasteiger partial charge in [0.1, 0.15) is 18.1 Å². The number of hydrogen-bond donors (Lipinski definition) is 0. The monoisotopic (exact) mass is 470 g/mol. The highest BCUT2D eigenvalue weighted by molar-refractivity contribution is 5.58. The van der Waals surface area contributed by atoms with E-state index in [9.17, 15) is 0 Å². The van der Waals surface area contributed by atoms with Crippen molar-refractivity contribution in [3.63, 3.8) is 0 Å². The summed E-state index contributed by atoms with van der Waals surface area (Å²) < 4.78 is 11.9. The molecule has 1 heterocycles. The van der Waals surface area contributed by atoms with Crippen LogP contribution in [0.4, 0.5) is 5.69 Å². The second-order valence-electron chi connectivity index (χ2n) is 9.72. The first-order valence-corrected chi connectivity index (χ1v) is 13.3. The molecule has 4 nitrogen and oxygen atoms in total. The summed E-state index contributed by atoms with van der Waals surface area (Å²) in [5, 5.41) is 0. The Morgan fingerprint density at radius 3 is 2.29 bits per heavy atom. The molecule has 184 valence electrons. The van der Waals surface area contributed by atoms with Crippen LogP contribution in [-0.2, 0) is 25.9 Å². The number of fused-ring (bicyclic) bond motifs is 1. The Labute approximate surface area is 210 Å². The van der Waals surface area contributed by atoms with E-state index in [0.717, 1.165) is 50.6 Å². The van der Waals surface area contributed by atoms with Crippen molar-refractivity contribution in [1.82, 2.24) is 4.90 Å². The largest absolute Gasteiger partial charge is 0.492 e. The van der Waals surface area contributed by atoms with Gasteiger partial charge in [0.2, 0.25) is 0 Å². The molecule has 2 aliphatic rings. The molecule has 0 amide bonds. The van der Waals surface area contributed by atoms with Crippen LogP contribution in [0.25, 0.3) is 0 Å². The first kappa shape index (κ1) is 23.7. The number of para-hydroxylation sites is 2. The fourth-order valence-electron chi connectivity index (χ4n) is 5.26. The molecule has 5 rings (SSSR count). The zero-order valence-electron chi connectivity index (χ0n) is 21.0. The highest BCUT2D eigenvalue weighted by Gasteiger charge is 2.19. The van der Waals surface area contributed by atoms with Crippen LogP contribution < -0.4 is 14.4 Å². The number of anilines is 1. The van der Waals surface area contributed by atoms with Gasteiger partial charge in [-0.05, 0) is 85.5 Å². The fraction of sp³-hybridized carbons (Fsp3) is 0.419. The average molecular weight is 471 g/mol. The minimum atomic E-state index is 0.629. The van der Waals surface area contributed by atoms with Crippen LogP contribution in [0.1, 0.15) is 42.0 Å². The molecule has 1 aliphatic heterocycles. The summed E-state index contributed by atoms with van der Waals surface area (Å²) >= 11 is 0. The fourth-order valence-corrected chi connectivity index (χ4v) is 5.26. The molecule has 0 saturated carbocycles. The zero-order chi connectivity index (χ0) is 23.9. The zero-order valence-corrected chi connectivity index (χ0v) is 21.0. The summed E-state index contributed by atoms with van der Waals surface area (Å²) in [6.45, 7) is 8.75. The van der Waals surface area contributed by atoms with E-state index >= 15 is 0 Å². The number of ether oxygens (including phenoxy) is 2. The molecule has 0 atom stereocenters. The topological polar surface area (TPSA) is 24.9 Å². The standard InChI is InChI=1S/C31H38N2O2/c1-2-34-31-10-6-5-9-30(31)33-21-19-32(20-22-33)18-17-25-11-13-26(14-12-25)24-35-29-16-15-27-7-3-4-8-28(27)23-29/h5-6,9-16,23H,2-4,7-8,17-22,24H2,1H3. The molecule has 0 radical (unpaired) electrons. The van der Waals surface area contributed by atoms with Gasteiger partial charge in [0.15, 0.2) is 0 Å². The molecule has 0 N–H and O–H groups in total. The maximum atomic E-state index is 6.10. The van der Waals surface area contributed by atoms with Gasteiger partial charge in [-0.3, -0.25) is 4.90 Å². The second kappa shape index (κ2) is 11.6. The van der Waals surface area contributed by atoms with Crippen molar-refractivity contribution in [1.29, 1.82) is 0 Å². The summed E-state index contributed by atoms with van der Waals surface area (Å²) in [6.07, 6.45) is 6.11. The molecule has 1 saturated heterocycles. The summed E-state index contributed by atoms with van der Waals surface area (Å²) in [4.78, 5) is 5.03. The third-order valence-electron chi connectivity index (χ3n) is 7.34. The molecular formula is C31H38N2O2. The normalized spacial score (nSPS) is 16.1. The number of benzene rings is 3. The van der Waals surface area contributed by atoms with Crippen LogP contribution in [0, 0.1) is 0 Å². The Hall–Kier alpha value is -2.98. The molecule has 0 bridgehead atoms. The predicted octanol–water partition coefficient (Wildman–Crippen LogP) is 5.91. The Balaban J connectivity index is 1.07. The van der Waals surface area contributed by atoms with Gasteiger partial charge in [-0.15, -0.1) is 0 Å². The van der Waals surface area contributed by atoms with Crippen molar-refractivity contribution in [2.75, 3.05) is 44.2 Å². The number of rotatable bonds is 9. The summed E-state index contributed by atoms with van der Waals surface area (Å²) in [7, 11) is 0. The van der Waals surface area contributed by atoms with E-state index in [-0.39, 0.29) is 0 Å². The van der Waals surface area contributed by atoms with Crippen LogP contribution in [0.2, 0.25) is 0 Å². The van der Waals surface area contributed by atoms with Gasteiger partial charge in [0.05, 0.1) is 12.3 Å². The lowest BCUT2D eigenvalue weighted by Crippen LogP contribution is -2.47. The Bertz CT molecular complexity index is 1090. The van der Waals surface area contributed by atoms with Crippen molar-refractivity contribution >= 4 is 5.69 Å². The Kier molecular flexibility index (Phi) is 7.89. The maximum absolute atomic E-state index is 6.10. The van der Waals surface area contributed by atoms with Gasteiger partial charge >= 0.3 is 0 Å². The van der Waals surface area contributed by atoms with Gasteiger partial charge in [0.25, 0.3) is 0 Å². The van der Waals surface area contributed by atoms with Crippen LogP contribution in [0.15, 0.2) is 66.7 Å². The van der Waals surface area contributed by atoms with Gasteiger partial charge in [0, 0.05) is 32.7 Å². The number of aryl methyl sites for hydroxylation is 2. The molecule has 0 spiro atoms. The lowest BCUT2D eigenvalue weighted by molar-refractivity contribution is 0.259. The second-order valence-corrected chi connectivity index (χ2v) is 9.72. The highest BCUT2D eigenvalue weighted by atomic mass is 16.5. The minimum Gasteiger partial charge on any atom is -0.492 e. The van der Waals surface area contributed by atoms with E-state index in [2.05, 4.69) is 76.5 Å². The SMILES string of the molecule is CCOc1ccccc1N1CCN(CCc2ccc(COc3ccc4c(c3)CCCC4)cc2)CC1. The van der Waals surface area contributed by atoms with E-state index in [0.29, 0.717) is 13.2 Å². The Morgan fingerprint density at radius 2 is 1.49 bits per heavy atom. The van der Waals surface area contributed by atoms with Crippen molar-refractivity contribution in [3.05, 3.63) is 89.0 Å². The first-order valence-electron chi connectivity index (χ1n) is 13.3. The third-order valence-corrected chi connectivity index (χ3v) is 7.34. The van der Waals surface area contributed by atoms with E-state index in [1.54, 1.807) is 0 Å². The van der Waals surface area contributed by atoms with Gasteiger partial charge in [-0.2, -0.15) is 0 Å². The quantitative estimate of drug-likeness (QED) is 0.388. The van der Waals surface area contributed by atoms with Gasteiger partial charge in [-0.25, -0.2) is 0 Å². The smallest absolute Gasteiger partial charge is 0.142 e. The molecule has 0 aromatic heterocycles. The third kappa shape index (κ3) is 6.18. The van der Waals surface area contributed by atoms with Crippen LogP contribution >= 0.6 is 0 Å². The van der Waals surface area contributed by atoms with E-state index in [4.69, 9.17) is 9.47 Å². The molecule has 0 unspecified atom stereocenters. The average Bonchev–Trinajstić information content (AvgIpc) is 2.92.